The van der Waals surface area contributed by atoms with Gasteiger partial charge < -0.3 is 9.30 Å². The van der Waals surface area contributed by atoms with E-state index < -0.39 is 0 Å². The Labute approximate surface area is 174 Å². The molecule has 0 spiro atoms. The van der Waals surface area contributed by atoms with Crippen LogP contribution in [-0.4, -0.2) is 26.1 Å². The van der Waals surface area contributed by atoms with E-state index >= 15 is 0 Å². The first kappa shape index (κ1) is 18.1. The van der Waals surface area contributed by atoms with Crippen LogP contribution in [-0.2, 0) is 6.42 Å². The topological polar surface area (TPSA) is 52.8 Å². The number of aromatic nitrogens is 4. The number of rotatable bonds is 3. The molecule has 1 aliphatic heterocycles. The Morgan fingerprint density at radius 2 is 2.03 bits per heavy atom. The number of pyridine rings is 2. The molecule has 0 bridgehead atoms. The lowest BCUT2D eigenvalue weighted by molar-refractivity contribution is 0.325. The molecule has 5 heterocycles. The van der Waals surface area contributed by atoms with Gasteiger partial charge in [0.1, 0.15) is 17.3 Å². The second-order valence-corrected chi connectivity index (χ2v) is 8.55. The molecule has 0 aliphatic carbocycles. The number of hydrogen-bond donors (Lipinski definition) is 0. The van der Waals surface area contributed by atoms with Crippen LogP contribution in [0.3, 0.4) is 0 Å². The molecule has 0 atom stereocenters. The maximum Gasteiger partial charge on any atom is 0.150 e. The van der Waals surface area contributed by atoms with Gasteiger partial charge in [-0.1, -0.05) is 0 Å². The highest BCUT2D eigenvalue weighted by atomic mass is 32.1. The zero-order valence-electron chi connectivity index (χ0n) is 16.7. The van der Waals surface area contributed by atoms with Crippen LogP contribution in [0, 0.1) is 6.92 Å². The van der Waals surface area contributed by atoms with Crippen LogP contribution in [0.4, 0.5) is 0 Å². The van der Waals surface area contributed by atoms with E-state index in [1.165, 1.54) is 15.3 Å². The summed E-state index contributed by atoms with van der Waals surface area (Å²) in [6.45, 7) is 7.02. The highest BCUT2D eigenvalue weighted by Crippen LogP contribution is 2.43. The van der Waals surface area contributed by atoms with Crippen LogP contribution in [0.5, 0.6) is 5.75 Å². The van der Waals surface area contributed by atoms with Gasteiger partial charge >= 0.3 is 0 Å². The lowest BCUT2D eigenvalue weighted by atomic mass is 10.1. The van der Waals surface area contributed by atoms with Crippen LogP contribution in [0.15, 0.2) is 48.9 Å². The van der Waals surface area contributed by atoms with Crippen molar-refractivity contribution in [1.29, 1.82) is 0 Å². The van der Waals surface area contributed by atoms with E-state index in [1.807, 2.05) is 43.7 Å². The second-order valence-electron chi connectivity index (χ2n) is 7.49. The van der Waals surface area contributed by atoms with Gasteiger partial charge in [0.2, 0.25) is 0 Å². The summed E-state index contributed by atoms with van der Waals surface area (Å²) in [6, 6.07) is 10.7. The van der Waals surface area contributed by atoms with Crippen LogP contribution in [0.25, 0.3) is 32.5 Å². The molecule has 0 N–H and O–H groups in total. The van der Waals surface area contributed by atoms with Crippen molar-refractivity contribution in [3.8, 4) is 38.3 Å². The standard InChI is InChI=1S/C23H22N4OS/c1-14(2)27-11-10-25-23(27)20-13-16-8-12-28-19-7-6-18(26-21(19)22(16)29-20)17-5-4-9-24-15(17)3/h4-7,9-11,13-14H,8,12H2,1-3H3. The Kier molecular flexibility index (Phi) is 4.43. The molecule has 1 aliphatic rings. The number of aryl methyl sites for hydroxylation is 1. The zero-order valence-corrected chi connectivity index (χ0v) is 17.5. The summed E-state index contributed by atoms with van der Waals surface area (Å²) >= 11 is 1.75. The largest absolute Gasteiger partial charge is 0.491 e. The third-order valence-corrected chi connectivity index (χ3v) is 6.42. The van der Waals surface area contributed by atoms with Gasteiger partial charge in [-0.2, -0.15) is 0 Å². The normalized spacial score (nSPS) is 13.0. The van der Waals surface area contributed by atoms with E-state index in [9.17, 15) is 0 Å². The summed E-state index contributed by atoms with van der Waals surface area (Å²) in [6.07, 6.45) is 6.60. The molecule has 4 aromatic rings. The van der Waals surface area contributed by atoms with Gasteiger partial charge in [0, 0.05) is 42.3 Å². The summed E-state index contributed by atoms with van der Waals surface area (Å²) < 4.78 is 8.22. The van der Waals surface area contributed by atoms with E-state index in [1.54, 1.807) is 11.3 Å². The minimum atomic E-state index is 0.364. The first-order valence-corrected chi connectivity index (χ1v) is 10.7. The van der Waals surface area contributed by atoms with Crippen molar-refractivity contribution < 1.29 is 4.74 Å². The first-order chi connectivity index (χ1) is 14.1. The van der Waals surface area contributed by atoms with E-state index in [0.717, 1.165) is 40.6 Å². The fourth-order valence-corrected chi connectivity index (χ4v) is 4.95. The van der Waals surface area contributed by atoms with Crippen LogP contribution >= 0.6 is 11.3 Å². The Morgan fingerprint density at radius 3 is 2.86 bits per heavy atom. The Morgan fingerprint density at radius 1 is 1.14 bits per heavy atom. The summed E-state index contributed by atoms with van der Waals surface area (Å²) in [7, 11) is 0. The van der Waals surface area contributed by atoms with Gasteiger partial charge in [0.05, 0.1) is 22.1 Å². The molecule has 0 saturated carbocycles. The number of imidazole rings is 1. The molecule has 0 fully saturated rings. The summed E-state index contributed by atoms with van der Waals surface area (Å²) in [4.78, 5) is 16.4. The molecule has 0 amide bonds. The maximum absolute atomic E-state index is 6.01. The van der Waals surface area contributed by atoms with Gasteiger partial charge in [-0.25, -0.2) is 9.97 Å². The van der Waals surface area contributed by atoms with E-state index in [0.29, 0.717) is 12.6 Å². The van der Waals surface area contributed by atoms with E-state index in [2.05, 4.69) is 40.5 Å². The average Bonchev–Trinajstić information content (AvgIpc) is 3.33. The number of fused-ring (bicyclic) bond motifs is 3. The van der Waals surface area contributed by atoms with Gasteiger partial charge in [-0.05, 0) is 56.7 Å². The number of ether oxygens (including phenoxy) is 1. The fourth-order valence-electron chi connectivity index (χ4n) is 3.75. The first-order valence-electron chi connectivity index (χ1n) is 9.84. The highest BCUT2D eigenvalue weighted by molar-refractivity contribution is 7.19. The fraction of sp³-hybridized carbons (Fsp3) is 0.261. The van der Waals surface area contributed by atoms with Crippen LogP contribution in [0.1, 0.15) is 31.1 Å². The molecule has 5 nitrogen and oxygen atoms in total. The Hall–Kier alpha value is -2.99. The molecule has 146 valence electrons. The summed E-state index contributed by atoms with van der Waals surface area (Å²) in [5, 5.41) is 0. The lowest BCUT2D eigenvalue weighted by Crippen LogP contribution is -2.01. The van der Waals surface area contributed by atoms with Gasteiger partial charge in [0.15, 0.2) is 0 Å². The van der Waals surface area contributed by atoms with Crippen molar-refractivity contribution in [3.63, 3.8) is 0 Å². The van der Waals surface area contributed by atoms with E-state index in [4.69, 9.17) is 9.72 Å². The molecule has 0 unspecified atom stereocenters. The highest BCUT2D eigenvalue weighted by Gasteiger charge is 2.23. The van der Waals surface area contributed by atoms with Crippen molar-refractivity contribution in [2.45, 2.75) is 33.2 Å². The quantitative estimate of drug-likeness (QED) is 0.450. The third-order valence-electron chi connectivity index (χ3n) is 5.24. The lowest BCUT2D eigenvalue weighted by Gasteiger charge is -2.11. The molecule has 6 heteroatoms. The van der Waals surface area contributed by atoms with Crippen molar-refractivity contribution in [2.75, 3.05) is 6.61 Å². The zero-order chi connectivity index (χ0) is 20.0. The van der Waals surface area contributed by atoms with Crippen LogP contribution in [0.2, 0.25) is 0 Å². The SMILES string of the molecule is Cc1ncccc1-c1ccc2c(n1)-c1sc(-c3nccn3C(C)C)cc1CCO2. The van der Waals surface area contributed by atoms with Gasteiger partial charge in [-0.3, -0.25) is 4.98 Å². The molecule has 0 aromatic carbocycles. The maximum atomic E-state index is 6.01. The van der Waals surface area contributed by atoms with Crippen molar-refractivity contribution in [3.05, 3.63) is 60.2 Å². The van der Waals surface area contributed by atoms with Gasteiger partial charge in [0.25, 0.3) is 0 Å². The van der Waals surface area contributed by atoms with Crippen molar-refractivity contribution >= 4 is 11.3 Å². The van der Waals surface area contributed by atoms with Crippen molar-refractivity contribution in [2.24, 2.45) is 0 Å². The summed E-state index contributed by atoms with van der Waals surface area (Å²) in [5.41, 5.74) is 5.13. The van der Waals surface area contributed by atoms with Crippen LogP contribution < -0.4 is 4.74 Å². The molecular weight excluding hydrogens is 380 g/mol. The van der Waals surface area contributed by atoms with Gasteiger partial charge in [-0.15, -0.1) is 11.3 Å². The molecule has 4 aromatic heterocycles. The predicted octanol–water partition coefficient (Wildman–Crippen LogP) is 5.56. The minimum absolute atomic E-state index is 0.364. The number of hydrogen-bond acceptors (Lipinski definition) is 5. The second kappa shape index (κ2) is 7.12. The smallest absolute Gasteiger partial charge is 0.150 e. The molecule has 0 saturated heterocycles. The minimum Gasteiger partial charge on any atom is -0.491 e. The Bertz CT molecular complexity index is 1190. The Balaban J connectivity index is 1.65. The number of nitrogens with zero attached hydrogens (tertiary/aromatic N) is 4. The third kappa shape index (κ3) is 3.13. The predicted molar refractivity (Wildman–Crippen MR) is 116 cm³/mol. The summed E-state index contributed by atoms with van der Waals surface area (Å²) in [5.74, 6) is 1.86. The average molecular weight is 403 g/mol. The molecule has 0 radical (unpaired) electrons. The van der Waals surface area contributed by atoms with E-state index in [-0.39, 0.29) is 0 Å². The molecule has 5 rings (SSSR count). The number of thiophene rings is 1. The van der Waals surface area contributed by atoms with Crippen molar-refractivity contribution in [1.82, 2.24) is 19.5 Å². The molecule has 29 heavy (non-hydrogen) atoms. The monoisotopic (exact) mass is 402 g/mol. The molecular formula is C23H22N4OS.